The molecule has 2 N–H and O–H groups in total. The second-order valence-electron chi connectivity index (χ2n) is 3.01. The molecule has 0 amide bonds. The molecule has 0 unspecified atom stereocenters. The summed E-state index contributed by atoms with van der Waals surface area (Å²) >= 11 is 0. The molecule has 0 fully saturated rings. The highest BCUT2D eigenvalue weighted by Gasteiger charge is 2.07. The van der Waals surface area contributed by atoms with Gasteiger partial charge in [-0.05, 0) is 6.07 Å². The first-order valence-electron chi connectivity index (χ1n) is 4.41. The molecule has 0 aliphatic rings. The van der Waals surface area contributed by atoms with Crippen molar-refractivity contribution in [2.45, 2.75) is 13.2 Å². The summed E-state index contributed by atoms with van der Waals surface area (Å²) in [6, 6.07) is 5.75. The minimum absolute atomic E-state index is 0.388. The molecule has 1 aromatic carbocycles. The quantitative estimate of drug-likeness (QED) is 0.799. The van der Waals surface area contributed by atoms with Gasteiger partial charge in [0.2, 0.25) is 5.89 Å². The standard InChI is InChI=1S/C10H12N2O2/c1-13-6-9-12-8-4-2-3-7(5-11)10(8)14-9/h2-4H,5-6,11H2,1H3. The number of para-hydroxylation sites is 1. The van der Waals surface area contributed by atoms with Gasteiger partial charge in [0, 0.05) is 19.2 Å². The second kappa shape index (κ2) is 3.77. The average Bonchev–Trinajstić information content (AvgIpc) is 2.60. The Bertz CT molecular complexity index is 437. The molecule has 0 atom stereocenters. The van der Waals surface area contributed by atoms with Crippen molar-refractivity contribution in [3.05, 3.63) is 29.7 Å². The Morgan fingerprint density at radius 1 is 1.50 bits per heavy atom. The van der Waals surface area contributed by atoms with Crippen molar-refractivity contribution in [3.8, 4) is 0 Å². The van der Waals surface area contributed by atoms with Crippen molar-refractivity contribution in [1.29, 1.82) is 0 Å². The van der Waals surface area contributed by atoms with Crippen LogP contribution in [0.15, 0.2) is 22.6 Å². The summed E-state index contributed by atoms with van der Waals surface area (Å²) in [7, 11) is 1.61. The second-order valence-corrected chi connectivity index (χ2v) is 3.01. The van der Waals surface area contributed by atoms with Crippen LogP contribution in [0, 0.1) is 0 Å². The zero-order valence-electron chi connectivity index (χ0n) is 7.99. The van der Waals surface area contributed by atoms with Crippen molar-refractivity contribution >= 4 is 11.1 Å². The van der Waals surface area contributed by atoms with E-state index in [2.05, 4.69) is 4.98 Å². The summed E-state index contributed by atoms with van der Waals surface area (Å²) in [6.45, 7) is 0.845. The normalized spacial score (nSPS) is 11.0. The summed E-state index contributed by atoms with van der Waals surface area (Å²) in [6.07, 6.45) is 0. The Hall–Kier alpha value is -1.39. The summed E-state index contributed by atoms with van der Waals surface area (Å²) < 4.78 is 10.5. The van der Waals surface area contributed by atoms with E-state index < -0.39 is 0 Å². The molecule has 1 aromatic heterocycles. The molecule has 2 aromatic rings. The number of oxazole rings is 1. The first kappa shape index (κ1) is 9.18. The maximum Gasteiger partial charge on any atom is 0.221 e. The van der Waals surface area contributed by atoms with Crippen LogP contribution in [0.3, 0.4) is 0 Å². The molecule has 14 heavy (non-hydrogen) atoms. The smallest absolute Gasteiger partial charge is 0.221 e. The van der Waals surface area contributed by atoms with Gasteiger partial charge in [0.05, 0.1) is 0 Å². The number of nitrogens with two attached hydrogens (primary N) is 1. The fourth-order valence-electron chi connectivity index (χ4n) is 1.40. The first-order chi connectivity index (χ1) is 6.85. The van der Waals surface area contributed by atoms with Crippen LogP contribution in [-0.4, -0.2) is 12.1 Å². The van der Waals surface area contributed by atoms with Crippen LogP contribution >= 0.6 is 0 Å². The monoisotopic (exact) mass is 192 g/mol. The van der Waals surface area contributed by atoms with Crippen LogP contribution in [0.5, 0.6) is 0 Å². The zero-order valence-corrected chi connectivity index (χ0v) is 7.99. The molecule has 2 rings (SSSR count). The molecule has 74 valence electrons. The van der Waals surface area contributed by atoms with Crippen LogP contribution in [-0.2, 0) is 17.9 Å². The number of fused-ring (bicyclic) bond motifs is 1. The van der Waals surface area contributed by atoms with Gasteiger partial charge >= 0.3 is 0 Å². The highest BCUT2D eigenvalue weighted by molar-refractivity contribution is 5.76. The Balaban J connectivity index is 2.52. The van der Waals surface area contributed by atoms with Gasteiger partial charge in [0.25, 0.3) is 0 Å². The summed E-state index contributed by atoms with van der Waals surface area (Å²) in [5.41, 5.74) is 8.15. The third-order valence-corrected chi connectivity index (χ3v) is 2.03. The van der Waals surface area contributed by atoms with Gasteiger partial charge in [0.1, 0.15) is 12.1 Å². The van der Waals surface area contributed by atoms with E-state index in [1.807, 2.05) is 18.2 Å². The van der Waals surface area contributed by atoms with Crippen molar-refractivity contribution in [2.24, 2.45) is 5.73 Å². The van der Waals surface area contributed by atoms with E-state index in [0.29, 0.717) is 19.0 Å². The predicted octanol–water partition coefficient (Wildman–Crippen LogP) is 1.43. The number of methoxy groups -OCH3 is 1. The van der Waals surface area contributed by atoms with Gasteiger partial charge in [-0.2, -0.15) is 0 Å². The van der Waals surface area contributed by atoms with Gasteiger partial charge in [-0.15, -0.1) is 0 Å². The Morgan fingerprint density at radius 2 is 2.36 bits per heavy atom. The van der Waals surface area contributed by atoms with Crippen LogP contribution in [0.4, 0.5) is 0 Å². The fraction of sp³-hybridized carbons (Fsp3) is 0.300. The molecule has 0 spiro atoms. The highest BCUT2D eigenvalue weighted by atomic mass is 16.5. The molecule has 4 nitrogen and oxygen atoms in total. The minimum Gasteiger partial charge on any atom is -0.438 e. The largest absolute Gasteiger partial charge is 0.438 e. The van der Waals surface area contributed by atoms with Gasteiger partial charge in [-0.25, -0.2) is 4.98 Å². The molecule has 1 heterocycles. The maximum atomic E-state index is 5.58. The fourth-order valence-corrected chi connectivity index (χ4v) is 1.40. The Morgan fingerprint density at radius 3 is 3.07 bits per heavy atom. The van der Waals surface area contributed by atoms with Crippen molar-refractivity contribution in [1.82, 2.24) is 4.98 Å². The number of benzene rings is 1. The zero-order chi connectivity index (χ0) is 9.97. The molecular formula is C10H12N2O2. The van der Waals surface area contributed by atoms with E-state index >= 15 is 0 Å². The number of hydrogen-bond acceptors (Lipinski definition) is 4. The molecule has 4 heteroatoms. The lowest BCUT2D eigenvalue weighted by Gasteiger charge is -1.94. The van der Waals surface area contributed by atoms with Crippen molar-refractivity contribution in [2.75, 3.05) is 7.11 Å². The van der Waals surface area contributed by atoms with Gasteiger partial charge in [0.15, 0.2) is 5.58 Å². The van der Waals surface area contributed by atoms with Gasteiger partial charge < -0.3 is 14.9 Å². The van der Waals surface area contributed by atoms with Crippen LogP contribution in [0.25, 0.3) is 11.1 Å². The molecule has 0 saturated carbocycles. The third kappa shape index (κ3) is 1.49. The Kier molecular flexibility index (Phi) is 2.47. The van der Waals surface area contributed by atoms with Crippen molar-refractivity contribution < 1.29 is 9.15 Å². The molecule has 0 radical (unpaired) electrons. The topological polar surface area (TPSA) is 61.3 Å². The van der Waals surface area contributed by atoms with Gasteiger partial charge in [-0.3, -0.25) is 0 Å². The van der Waals surface area contributed by atoms with Crippen molar-refractivity contribution in [3.63, 3.8) is 0 Å². The van der Waals surface area contributed by atoms with E-state index in [9.17, 15) is 0 Å². The predicted molar refractivity (Wildman–Crippen MR) is 52.6 cm³/mol. The number of ether oxygens (including phenoxy) is 1. The number of nitrogens with zero attached hydrogens (tertiary/aromatic N) is 1. The van der Waals surface area contributed by atoms with E-state index in [1.54, 1.807) is 7.11 Å². The number of aromatic nitrogens is 1. The minimum atomic E-state index is 0.388. The average molecular weight is 192 g/mol. The molecule has 0 aliphatic heterocycles. The molecule has 0 saturated heterocycles. The van der Waals surface area contributed by atoms with E-state index in [-0.39, 0.29) is 0 Å². The summed E-state index contributed by atoms with van der Waals surface area (Å²) in [5, 5.41) is 0. The van der Waals surface area contributed by atoms with Crippen LogP contribution in [0.2, 0.25) is 0 Å². The Labute approximate surface area is 81.7 Å². The summed E-state index contributed by atoms with van der Waals surface area (Å²) in [4.78, 5) is 4.26. The van der Waals surface area contributed by atoms with Gasteiger partial charge in [-0.1, -0.05) is 12.1 Å². The molecular weight excluding hydrogens is 180 g/mol. The van der Waals surface area contributed by atoms with E-state index in [1.165, 1.54) is 0 Å². The first-order valence-corrected chi connectivity index (χ1v) is 4.41. The lowest BCUT2D eigenvalue weighted by Crippen LogP contribution is -1.95. The van der Waals surface area contributed by atoms with E-state index in [0.717, 1.165) is 16.7 Å². The van der Waals surface area contributed by atoms with E-state index in [4.69, 9.17) is 14.9 Å². The summed E-state index contributed by atoms with van der Waals surface area (Å²) in [5.74, 6) is 0.586. The number of rotatable bonds is 3. The van der Waals surface area contributed by atoms with Crippen LogP contribution in [0.1, 0.15) is 11.5 Å². The molecule has 0 aliphatic carbocycles. The lowest BCUT2D eigenvalue weighted by molar-refractivity contribution is 0.161. The third-order valence-electron chi connectivity index (χ3n) is 2.03. The SMILES string of the molecule is COCc1nc2cccc(CN)c2o1. The number of hydrogen-bond donors (Lipinski definition) is 1. The van der Waals surface area contributed by atoms with Crippen LogP contribution < -0.4 is 5.73 Å². The molecule has 0 bridgehead atoms. The highest BCUT2D eigenvalue weighted by Crippen LogP contribution is 2.19. The maximum absolute atomic E-state index is 5.58. The lowest BCUT2D eigenvalue weighted by atomic mass is 10.2.